The van der Waals surface area contributed by atoms with Gasteiger partial charge in [-0.05, 0) is 12.5 Å². The Kier molecular flexibility index (Phi) is 4.09. The maximum absolute atomic E-state index is 14.6. The summed E-state index contributed by atoms with van der Waals surface area (Å²) in [6, 6.07) is 1.17. The third kappa shape index (κ3) is 2.36. The van der Waals surface area contributed by atoms with E-state index in [1.165, 1.54) is 19.3 Å². The summed E-state index contributed by atoms with van der Waals surface area (Å²) in [6.45, 7) is 2.08. The molecule has 0 saturated carbocycles. The van der Waals surface area contributed by atoms with E-state index in [9.17, 15) is 14.0 Å². The van der Waals surface area contributed by atoms with Gasteiger partial charge in [-0.3, -0.25) is 9.59 Å². The lowest BCUT2D eigenvalue weighted by molar-refractivity contribution is 0.0962. The molecule has 3 aromatic rings. The molecule has 0 saturated heterocycles. The molecule has 2 aromatic heterocycles. The van der Waals surface area contributed by atoms with Crippen LogP contribution in [0.1, 0.15) is 35.9 Å². The Balaban J connectivity index is 2.33. The molecule has 2 heterocycles. The van der Waals surface area contributed by atoms with E-state index in [1.807, 2.05) is 0 Å². The lowest BCUT2D eigenvalue weighted by Gasteiger charge is -2.05. The van der Waals surface area contributed by atoms with Crippen molar-refractivity contribution < 1.29 is 9.18 Å². The molecule has 0 fully saturated rings. The summed E-state index contributed by atoms with van der Waals surface area (Å²) in [7, 11) is 3.21. The number of fused-ring (bicyclic) bond motifs is 3. The Labute approximate surface area is 137 Å². The summed E-state index contributed by atoms with van der Waals surface area (Å²) in [6.07, 6.45) is 4.05. The van der Waals surface area contributed by atoms with Crippen LogP contribution >= 0.6 is 0 Å². The molecule has 24 heavy (non-hydrogen) atoms. The van der Waals surface area contributed by atoms with E-state index in [0.717, 1.165) is 25.1 Å². The zero-order valence-electron chi connectivity index (χ0n) is 13.9. The van der Waals surface area contributed by atoms with Crippen LogP contribution in [0.4, 0.5) is 4.39 Å². The molecular formula is C17H19FN4O2. The number of halogens is 1. The van der Waals surface area contributed by atoms with E-state index in [1.54, 1.807) is 11.6 Å². The summed E-state index contributed by atoms with van der Waals surface area (Å²) in [5, 5.41) is 2.53. The van der Waals surface area contributed by atoms with Crippen LogP contribution in [0.2, 0.25) is 0 Å². The minimum atomic E-state index is -0.519. The molecule has 3 rings (SSSR count). The van der Waals surface area contributed by atoms with Gasteiger partial charge in [-0.2, -0.15) is 0 Å². The van der Waals surface area contributed by atoms with Crippen molar-refractivity contribution in [1.29, 1.82) is 0 Å². The first-order valence-electron chi connectivity index (χ1n) is 7.90. The van der Waals surface area contributed by atoms with Crippen LogP contribution in [0.25, 0.3) is 21.9 Å². The molecule has 1 aromatic carbocycles. The highest BCUT2D eigenvalue weighted by atomic mass is 19.1. The predicted molar refractivity (Wildman–Crippen MR) is 90.8 cm³/mol. The number of nitrogens with zero attached hydrogens (tertiary/aromatic N) is 2. The summed E-state index contributed by atoms with van der Waals surface area (Å²) in [4.78, 5) is 31.7. The largest absolute Gasteiger partial charge is 0.358 e. The highest BCUT2D eigenvalue weighted by Gasteiger charge is 2.19. The summed E-state index contributed by atoms with van der Waals surface area (Å²) in [5.74, 6) is -0.257. The van der Waals surface area contributed by atoms with Crippen molar-refractivity contribution in [1.82, 2.24) is 19.9 Å². The van der Waals surface area contributed by atoms with Crippen LogP contribution in [-0.4, -0.2) is 27.5 Å². The maximum atomic E-state index is 14.6. The standard InChI is InChI=1S/C17H19FN4O2/c1-4-5-6-12-21-14-13-9(7-11(18)15(14)22(12)3)16(23)10(8-20-13)17(24)19-2/h7-8H,4-6H2,1-3H3,(H,19,24)(H,20,23). The van der Waals surface area contributed by atoms with Gasteiger partial charge >= 0.3 is 0 Å². The van der Waals surface area contributed by atoms with E-state index in [0.29, 0.717) is 16.6 Å². The van der Waals surface area contributed by atoms with Gasteiger partial charge in [-0.15, -0.1) is 0 Å². The first kappa shape index (κ1) is 16.2. The highest BCUT2D eigenvalue weighted by molar-refractivity contribution is 6.05. The summed E-state index contributed by atoms with van der Waals surface area (Å²) < 4.78 is 16.3. The third-order valence-corrected chi connectivity index (χ3v) is 4.27. The molecule has 6 nitrogen and oxygen atoms in total. The maximum Gasteiger partial charge on any atom is 0.256 e. The SMILES string of the molecule is CCCCc1nc2c3[nH]cc(C(=O)NC)c(=O)c3cc(F)c2n1C. The number of nitrogens with one attached hydrogen (secondary N) is 2. The number of amides is 1. The topological polar surface area (TPSA) is 79.8 Å². The zero-order chi connectivity index (χ0) is 17.4. The third-order valence-electron chi connectivity index (χ3n) is 4.27. The molecule has 1 amide bonds. The number of hydrogen-bond donors (Lipinski definition) is 2. The number of carbonyl (C=O) groups excluding carboxylic acids is 1. The molecule has 0 unspecified atom stereocenters. The molecule has 0 atom stereocenters. The Morgan fingerprint density at radius 2 is 2.21 bits per heavy atom. The average molecular weight is 330 g/mol. The first-order chi connectivity index (χ1) is 11.5. The number of carbonyl (C=O) groups is 1. The van der Waals surface area contributed by atoms with Gasteiger partial charge in [0.15, 0.2) is 0 Å². The second-order valence-electron chi connectivity index (χ2n) is 5.78. The van der Waals surface area contributed by atoms with Crippen LogP contribution < -0.4 is 10.7 Å². The first-order valence-corrected chi connectivity index (χ1v) is 7.90. The van der Waals surface area contributed by atoms with E-state index in [-0.39, 0.29) is 10.9 Å². The van der Waals surface area contributed by atoms with Crippen LogP contribution in [0, 0.1) is 5.82 Å². The molecule has 0 aliphatic heterocycles. The number of benzene rings is 1. The monoisotopic (exact) mass is 330 g/mol. The number of rotatable bonds is 4. The highest BCUT2D eigenvalue weighted by Crippen LogP contribution is 2.26. The lowest BCUT2D eigenvalue weighted by atomic mass is 10.1. The second kappa shape index (κ2) is 6.07. The fourth-order valence-electron chi connectivity index (χ4n) is 2.93. The number of aromatic nitrogens is 3. The number of H-pyrrole nitrogens is 1. The van der Waals surface area contributed by atoms with Crippen LogP contribution in [0.5, 0.6) is 0 Å². The van der Waals surface area contributed by atoms with E-state index in [2.05, 4.69) is 22.2 Å². The average Bonchev–Trinajstić information content (AvgIpc) is 2.91. The van der Waals surface area contributed by atoms with Gasteiger partial charge in [-0.25, -0.2) is 9.37 Å². The molecular weight excluding hydrogens is 311 g/mol. The molecule has 0 aliphatic rings. The molecule has 2 N–H and O–H groups in total. The second-order valence-corrected chi connectivity index (χ2v) is 5.78. The van der Waals surface area contributed by atoms with Crippen molar-refractivity contribution in [3.63, 3.8) is 0 Å². The van der Waals surface area contributed by atoms with Crippen molar-refractivity contribution in [3.8, 4) is 0 Å². The Bertz CT molecular complexity index is 1000. The number of pyridine rings is 1. The van der Waals surface area contributed by atoms with Crippen molar-refractivity contribution >= 4 is 27.8 Å². The quantitative estimate of drug-likeness (QED) is 0.770. The molecule has 0 aliphatic carbocycles. The molecule has 126 valence electrons. The van der Waals surface area contributed by atoms with Gasteiger partial charge in [-0.1, -0.05) is 13.3 Å². The predicted octanol–water partition coefficient (Wildman–Crippen LogP) is 2.26. The summed E-state index contributed by atoms with van der Waals surface area (Å²) >= 11 is 0. The van der Waals surface area contributed by atoms with Gasteiger partial charge < -0.3 is 14.9 Å². The van der Waals surface area contributed by atoms with Gasteiger partial charge in [0.25, 0.3) is 5.91 Å². The Morgan fingerprint density at radius 3 is 2.88 bits per heavy atom. The fraction of sp³-hybridized carbons (Fsp3) is 0.353. The van der Waals surface area contributed by atoms with Gasteiger partial charge in [0.05, 0.1) is 10.9 Å². The van der Waals surface area contributed by atoms with Gasteiger partial charge in [0.2, 0.25) is 5.43 Å². The summed E-state index contributed by atoms with van der Waals surface area (Å²) in [5.41, 5.74) is 0.661. The van der Waals surface area contributed by atoms with E-state index < -0.39 is 17.2 Å². The van der Waals surface area contributed by atoms with Crippen LogP contribution in [0.3, 0.4) is 0 Å². The van der Waals surface area contributed by atoms with Crippen molar-refractivity contribution in [2.24, 2.45) is 7.05 Å². The van der Waals surface area contributed by atoms with Gasteiger partial charge in [0, 0.05) is 26.7 Å². The number of aromatic amines is 1. The Morgan fingerprint density at radius 1 is 1.46 bits per heavy atom. The van der Waals surface area contributed by atoms with Crippen molar-refractivity contribution in [3.05, 3.63) is 39.7 Å². The Hall–Kier alpha value is -2.70. The minimum absolute atomic E-state index is 0.0501. The van der Waals surface area contributed by atoms with Crippen molar-refractivity contribution in [2.45, 2.75) is 26.2 Å². The minimum Gasteiger partial charge on any atom is -0.358 e. The molecule has 7 heteroatoms. The molecule has 0 spiro atoms. The zero-order valence-corrected chi connectivity index (χ0v) is 13.9. The van der Waals surface area contributed by atoms with Crippen molar-refractivity contribution in [2.75, 3.05) is 7.05 Å². The lowest BCUT2D eigenvalue weighted by Crippen LogP contribution is -2.25. The van der Waals surface area contributed by atoms with Crippen LogP contribution in [-0.2, 0) is 13.5 Å². The number of imidazole rings is 1. The molecule has 0 bridgehead atoms. The van der Waals surface area contributed by atoms with Crippen LogP contribution in [0.15, 0.2) is 17.1 Å². The van der Waals surface area contributed by atoms with Gasteiger partial charge in [0.1, 0.15) is 28.2 Å². The number of unbranched alkanes of at least 4 members (excludes halogenated alkanes) is 1. The van der Waals surface area contributed by atoms with E-state index >= 15 is 0 Å². The number of aryl methyl sites for hydroxylation is 2. The van der Waals surface area contributed by atoms with E-state index in [4.69, 9.17) is 0 Å². The fourth-order valence-corrected chi connectivity index (χ4v) is 2.93. The molecule has 0 radical (unpaired) electrons. The smallest absolute Gasteiger partial charge is 0.256 e. The normalized spacial score (nSPS) is 11.3. The number of hydrogen-bond acceptors (Lipinski definition) is 3.